The summed E-state index contributed by atoms with van der Waals surface area (Å²) in [5.41, 5.74) is 2.93. The SMILES string of the molecule is Cc1cc(NC(C)C23CC4CC(CC(C4)C2)C3)ccn1. The van der Waals surface area contributed by atoms with Gasteiger partial charge in [0, 0.05) is 23.6 Å². The Balaban J connectivity index is 1.54. The van der Waals surface area contributed by atoms with E-state index >= 15 is 0 Å². The van der Waals surface area contributed by atoms with Crippen LogP contribution in [0.4, 0.5) is 5.69 Å². The van der Waals surface area contributed by atoms with Crippen molar-refractivity contribution in [2.24, 2.45) is 23.2 Å². The predicted molar refractivity (Wildman–Crippen MR) is 82.7 cm³/mol. The van der Waals surface area contributed by atoms with Crippen LogP contribution in [0.15, 0.2) is 18.3 Å². The van der Waals surface area contributed by atoms with E-state index in [9.17, 15) is 0 Å². The van der Waals surface area contributed by atoms with Crippen LogP contribution in [0.5, 0.6) is 0 Å². The highest BCUT2D eigenvalue weighted by molar-refractivity contribution is 5.44. The second-order valence-electron chi connectivity index (χ2n) is 7.83. The van der Waals surface area contributed by atoms with E-state index in [2.05, 4.69) is 36.3 Å². The quantitative estimate of drug-likeness (QED) is 0.880. The first-order chi connectivity index (χ1) is 9.63. The van der Waals surface area contributed by atoms with Crippen molar-refractivity contribution >= 4 is 5.69 Å². The number of nitrogens with one attached hydrogen (secondary N) is 1. The lowest BCUT2D eigenvalue weighted by Gasteiger charge is -2.59. The number of pyridine rings is 1. The van der Waals surface area contributed by atoms with Gasteiger partial charge in [0.25, 0.3) is 0 Å². The van der Waals surface area contributed by atoms with Gasteiger partial charge < -0.3 is 5.32 Å². The van der Waals surface area contributed by atoms with Crippen LogP contribution < -0.4 is 5.32 Å². The molecule has 2 heteroatoms. The summed E-state index contributed by atoms with van der Waals surface area (Å²) in [4.78, 5) is 4.30. The fraction of sp³-hybridized carbons (Fsp3) is 0.722. The van der Waals surface area contributed by atoms with Crippen LogP contribution in [-0.4, -0.2) is 11.0 Å². The summed E-state index contributed by atoms with van der Waals surface area (Å²) >= 11 is 0. The first-order valence-electron chi connectivity index (χ1n) is 8.32. The molecule has 0 amide bonds. The number of hydrogen-bond acceptors (Lipinski definition) is 2. The Labute approximate surface area is 122 Å². The molecular weight excluding hydrogens is 244 g/mol. The van der Waals surface area contributed by atoms with Gasteiger partial charge in [-0.05, 0) is 87.7 Å². The third kappa shape index (κ3) is 2.04. The monoisotopic (exact) mass is 270 g/mol. The summed E-state index contributed by atoms with van der Waals surface area (Å²) in [6, 6.07) is 4.89. The maximum absolute atomic E-state index is 4.30. The van der Waals surface area contributed by atoms with Gasteiger partial charge in [0.05, 0.1) is 0 Å². The highest BCUT2D eigenvalue weighted by Crippen LogP contribution is 2.61. The van der Waals surface area contributed by atoms with Gasteiger partial charge in [0.2, 0.25) is 0 Å². The van der Waals surface area contributed by atoms with Crippen molar-refractivity contribution in [2.45, 2.75) is 58.4 Å². The highest BCUT2D eigenvalue weighted by Gasteiger charge is 2.53. The first kappa shape index (κ1) is 12.7. The second-order valence-corrected chi connectivity index (χ2v) is 7.83. The Morgan fingerprint density at radius 2 is 1.75 bits per heavy atom. The van der Waals surface area contributed by atoms with E-state index in [1.54, 1.807) is 0 Å². The Bertz CT molecular complexity index is 473. The van der Waals surface area contributed by atoms with E-state index in [-0.39, 0.29) is 0 Å². The van der Waals surface area contributed by atoms with Crippen molar-refractivity contribution in [2.75, 3.05) is 5.32 Å². The third-order valence-electron chi connectivity index (χ3n) is 6.28. The Hall–Kier alpha value is -1.05. The molecule has 0 radical (unpaired) electrons. The number of anilines is 1. The summed E-state index contributed by atoms with van der Waals surface area (Å²) < 4.78 is 0. The van der Waals surface area contributed by atoms with Crippen LogP contribution >= 0.6 is 0 Å². The largest absolute Gasteiger partial charge is 0.382 e. The molecule has 5 rings (SSSR count). The molecule has 1 N–H and O–H groups in total. The summed E-state index contributed by atoms with van der Waals surface area (Å²) in [5, 5.41) is 3.80. The van der Waals surface area contributed by atoms with Crippen molar-refractivity contribution in [3.63, 3.8) is 0 Å². The van der Waals surface area contributed by atoms with Crippen molar-refractivity contribution in [3.8, 4) is 0 Å². The molecule has 0 aromatic carbocycles. The Kier molecular flexibility index (Phi) is 2.84. The lowest BCUT2D eigenvalue weighted by atomic mass is 9.48. The van der Waals surface area contributed by atoms with E-state index in [4.69, 9.17) is 0 Å². The summed E-state index contributed by atoms with van der Waals surface area (Å²) in [6.07, 6.45) is 10.9. The zero-order valence-corrected chi connectivity index (χ0v) is 12.7. The molecule has 0 saturated heterocycles. The van der Waals surface area contributed by atoms with Crippen LogP contribution in [0.1, 0.15) is 51.1 Å². The third-order valence-corrected chi connectivity index (χ3v) is 6.28. The van der Waals surface area contributed by atoms with Gasteiger partial charge in [-0.25, -0.2) is 0 Å². The Morgan fingerprint density at radius 1 is 1.15 bits per heavy atom. The number of nitrogens with zero attached hydrogens (tertiary/aromatic N) is 1. The average Bonchev–Trinajstić information content (AvgIpc) is 2.37. The van der Waals surface area contributed by atoms with Crippen molar-refractivity contribution in [1.82, 2.24) is 4.98 Å². The van der Waals surface area contributed by atoms with Crippen molar-refractivity contribution in [1.29, 1.82) is 0 Å². The van der Waals surface area contributed by atoms with Gasteiger partial charge in [0.1, 0.15) is 0 Å². The van der Waals surface area contributed by atoms with E-state index in [0.717, 1.165) is 23.4 Å². The molecule has 4 saturated carbocycles. The van der Waals surface area contributed by atoms with Crippen LogP contribution in [0.3, 0.4) is 0 Å². The molecule has 4 fully saturated rings. The number of aromatic nitrogens is 1. The zero-order chi connectivity index (χ0) is 13.7. The van der Waals surface area contributed by atoms with Crippen LogP contribution in [0.2, 0.25) is 0 Å². The summed E-state index contributed by atoms with van der Waals surface area (Å²) in [6.45, 7) is 4.49. The molecule has 20 heavy (non-hydrogen) atoms. The molecule has 2 nitrogen and oxygen atoms in total. The maximum atomic E-state index is 4.30. The van der Waals surface area contributed by atoms with Crippen molar-refractivity contribution in [3.05, 3.63) is 24.0 Å². The number of rotatable bonds is 3. The van der Waals surface area contributed by atoms with Crippen LogP contribution in [0, 0.1) is 30.1 Å². The molecule has 4 aliphatic rings. The van der Waals surface area contributed by atoms with Gasteiger partial charge in [-0.1, -0.05) is 0 Å². The molecule has 108 valence electrons. The lowest BCUT2D eigenvalue weighted by molar-refractivity contribution is -0.0602. The fourth-order valence-electron chi connectivity index (χ4n) is 5.75. The van der Waals surface area contributed by atoms with Gasteiger partial charge >= 0.3 is 0 Å². The number of hydrogen-bond donors (Lipinski definition) is 1. The maximum Gasteiger partial charge on any atom is 0.0393 e. The van der Waals surface area contributed by atoms with Gasteiger partial charge in [-0.15, -0.1) is 0 Å². The first-order valence-corrected chi connectivity index (χ1v) is 8.32. The molecule has 1 unspecified atom stereocenters. The lowest BCUT2D eigenvalue weighted by Crippen LogP contribution is -2.52. The van der Waals surface area contributed by atoms with Gasteiger partial charge in [-0.2, -0.15) is 0 Å². The molecule has 1 aromatic rings. The highest BCUT2D eigenvalue weighted by atomic mass is 14.9. The van der Waals surface area contributed by atoms with Crippen molar-refractivity contribution < 1.29 is 0 Å². The topological polar surface area (TPSA) is 24.9 Å². The molecular formula is C18H26N2. The van der Waals surface area contributed by atoms with Gasteiger partial charge in [0.15, 0.2) is 0 Å². The minimum Gasteiger partial charge on any atom is -0.382 e. The smallest absolute Gasteiger partial charge is 0.0393 e. The Morgan fingerprint density at radius 3 is 2.30 bits per heavy atom. The number of aryl methyl sites for hydroxylation is 1. The van der Waals surface area contributed by atoms with E-state index in [1.807, 2.05) is 6.20 Å². The molecule has 4 bridgehead atoms. The molecule has 4 aliphatic carbocycles. The molecule has 1 aromatic heterocycles. The van der Waals surface area contributed by atoms with Crippen LogP contribution in [0.25, 0.3) is 0 Å². The minimum absolute atomic E-state index is 0.575. The van der Waals surface area contributed by atoms with Crippen LogP contribution in [-0.2, 0) is 0 Å². The van der Waals surface area contributed by atoms with E-state index < -0.39 is 0 Å². The van der Waals surface area contributed by atoms with E-state index in [1.165, 1.54) is 44.2 Å². The molecule has 0 aliphatic heterocycles. The minimum atomic E-state index is 0.575. The summed E-state index contributed by atoms with van der Waals surface area (Å²) in [7, 11) is 0. The predicted octanol–water partition coefficient (Wildman–Crippen LogP) is 4.41. The molecule has 1 atom stereocenters. The van der Waals surface area contributed by atoms with Gasteiger partial charge in [-0.3, -0.25) is 4.98 Å². The summed E-state index contributed by atoms with van der Waals surface area (Å²) in [5.74, 6) is 3.10. The average molecular weight is 270 g/mol. The standard InChI is InChI=1S/C18H26N2/c1-12-5-17(3-4-19-12)20-13(2)18-9-14-6-15(10-18)8-16(7-14)11-18/h3-5,13-16H,6-11H2,1-2H3,(H,19,20). The molecule has 1 heterocycles. The normalized spacial score (nSPS) is 39.8. The fourth-order valence-corrected chi connectivity index (χ4v) is 5.75. The molecule has 0 spiro atoms. The second kappa shape index (κ2) is 4.47. The van der Waals surface area contributed by atoms with E-state index in [0.29, 0.717) is 11.5 Å². The zero-order valence-electron chi connectivity index (χ0n) is 12.7.